The minimum atomic E-state index is -0.00366. The molecule has 0 amide bonds. The number of piperidine rings is 1. The normalized spacial score (nSPS) is 23.0. The Labute approximate surface area is 135 Å². The molecule has 0 N–H and O–H groups in total. The van der Waals surface area contributed by atoms with Crippen LogP contribution in [0.15, 0.2) is 36.5 Å². The van der Waals surface area contributed by atoms with Gasteiger partial charge in [0.25, 0.3) is 0 Å². The van der Waals surface area contributed by atoms with Crippen LogP contribution in [0.2, 0.25) is 0 Å². The second-order valence-electron chi connectivity index (χ2n) is 7.07. The molecular weight excluding hydrogens is 270 g/mol. The minimum Gasteiger partial charge on any atom is -0.376 e. The molecule has 0 aromatic heterocycles. The van der Waals surface area contributed by atoms with Crippen molar-refractivity contribution in [3.8, 4) is 0 Å². The van der Waals surface area contributed by atoms with Crippen molar-refractivity contribution in [3.63, 3.8) is 0 Å². The Hall–Kier alpha value is -1.57. The highest BCUT2D eigenvalue weighted by Gasteiger charge is 2.36. The van der Waals surface area contributed by atoms with E-state index in [9.17, 15) is 4.79 Å². The van der Waals surface area contributed by atoms with Gasteiger partial charge in [0.2, 0.25) is 0 Å². The van der Waals surface area contributed by atoms with Crippen molar-refractivity contribution in [1.29, 1.82) is 0 Å². The van der Waals surface area contributed by atoms with E-state index in [1.54, 1.807) is 0 Å². The summed E-state index contributed by atoms with van der Waals surface area (Å²) >= 11 is 0. The summed E-state index contributed by atoms with van der Waals surface area (Å²) in [5, 5.41) is 0. The van der Waals surface area contributed by atoms with E-state index >= 15 is 0 Å². The predicted octanol–water partition coefficient (Wildman–Crippen LogP) is 4.58. The molecule has 0 aliphatic carbocycles. The summed E-state index contributed by atoms with van der Waals surface area (Å²) in [5.41, 5.74) is 2.49. The van der Waals surface area contributed by atoms with Gasteiger partial charge >= 0.3 is 0 Å². The van der Waals surface area contributed by atoms with E-state index in [1.165, 1.54) is 11.1 Å². The fraction of sp³-hybridized carbons (Fsp3) is 0.550. The Morgan fingerprint density at radius 1 is 1.18 bits per heavy atom. The van der Waals surface area contributed by atoms with Gasteiger partial charge in [-0.15, -0.1) is 0 Å². The van der Waals surface area contributed by atoms with E-state index in [0.29, 0.717) is 17.6 Å². The maximum absolute atomic E-state index is 12.9. The van der Waals surface area contributed by atoms with E-state index in [0.717, 1.165) is 13.1 Å². The summed E-state index contributed by atoms with van der Waals surface area (Å²) in [4.78, 5) is 15.3. The molecule has 1 aromatic rings. The van der Waals surface area contributed by atoms with Gasteiger partial charge in [0.1, 0.15) is 5.78 Å². The molecule has 0 spiro atoms. The number of carbonyl (C=O) groups excluding carboxylic acids is 1. The number of benzene rings is 1. The van der Waals surface area contributed by atoms with Crippen molar-refractivity contribution in [2.24, 2.45) is 11.8 Å². The standard InChI is InChI=1S/C20H29NO/c1-6-10-21-12-18(15(4)5)20(22)19(13-21)17-9-7-8-16(11-17)14(2)3/h6-11,14-15,18-19H,12-13H2,1-5H3/b10-6-. The van der Waals surface area contributed by atoms with Crippen LogP contribution in [0.5, 0.6) is 0 Å². The molecule has 1 fully saturated rings. The molecular formula is C20H29NO. The van der Waals surface area contributed by atoms with Crippen molar-refractivity contribution >= 4 is 5.78 Å². The lowest BCUT2D eigenvalue weighted by molar-refractivity contribution is -0.129. The van der Waals surface area contributed by atoms with Crippen LogP contribution in [0.3, 0.4) is 0 Å². The number of ketones is 1. The zero-order valence-corrected chi connectivity index (χ0v) is 14.5. The Kier molecular flexibility index (Phi) is 5.44. The highest BCUT2D eigenvalue weighted by Crippen LogP contribution is 2.32. The van der Waals surface area contributed by atoms with Gasteiger partial charge in [-0.1, -0.05) is 58.0 Å². The fourth-order valence-corrected chi connectivity index (χ4v) is 3.28. The molecule has 120 valence electrons. The van der Waals surface area contributed by atoms with E-state index in [-0.39, 0.29) is 11.8 Å². The second kappa shape index (κ2) is 7.13. The maximum atomic E-state index is 12.9. The van der Waals surface area contributed by atoms with E-state index in [4.69, 9.17) is 0 Å². The van der Waals surface area contributed by atoms with Crippen LogP contribution in [0.4, 0.5) is 0 Å². The second-order valence-corrected chi connectivity index (χ2v) is 7.07. The van der Waals surface area contributed by atoms with Crippen LogP contribution >= 0.6 is 0 Å². The Morgan fingerprint density at radius 2 is 1.91 bits per heavy atom. The minimum absolute atomic E-state index is 0.00366. The van der Waals surface area contributed by atoms with Crippen molar-refractivity contribution in [1.82, 2.24) is 4.90 Å². The lowest BCUT2D eigenvalue weighted by atomic mass is 9.78. The largest absolute Gasteiger partial charge is 0.376 e. The number of nitrogens with zero attached hydrogens (tertiary/aromatic N) is 1. The first-order chi connectivity index (χ1) is 10.4. The average Bonchev–Trinajstić information content (AvgIpc) is 2.49. The number of hydrogen-bond donors (Lipinski definition) is 0. The highest BCUT2D eigenvalue weighted by molar-refractivity contribution is 5.89. The predicted molar refractivity (Wildman–Crippen MR) is 93.0 cm³/mol. The highest BCUT2D eigenvalue weighted by atomic mass is 16.1. The molecule has 0 bridgehead atoms. The zero-order valence-electron chi connectivity index (χ0n) is 14.5. The zero-order chi connectivity index (χ0) is 16.3. The molecule has 2 atom stereocenters. The molecule has 1 aliphatic rings. The summed E-state index contributed by atoms with van der Waals surface area (Å²) in [6.45, 7) is 12.4. The number of likely N-dealkylation sites (tertiary alicyclic amines) is 1. The van der Waals surface area contributed by atoms with Gasteiger partial charge < -0.3 is 4.90 Å². The van der Waals surface area contributed by atoms with Crippen LogP contribution in [-0.4, -0.2) is 23.8 Å². The third kappa shape index (κ3) is 3.60. The van der Waals surface area contributed by atoms with Crippen LogP contribution < -0.4 is 0 Å². The van der Waals surface area contributed by atoms with E-state index < -0.39 is 0 Å². The van der Waals surface area contributed by atoms with Gasteiger partial charge in [-0.3, -0.25) is 4.79 Å². The van der Waals surface area contributed by atoms with Crippen LogP contribution in [0.1, 0.15) is 57.6 Å². The Bertz CT molecular complexity index is 544. The number of allylic oxidation sites excluding steroid dienone is 1. The molecule has 1 saturated heterocycles. The molecule has 22 heavy (non-hydrogen) atoms. The number of hydrogen-bond acceptors (Lipinski definition) is 2. The number of rotatable bonds is 4. The molecule has 0 radical (unpaired) electrons. The SMILES string of the molecule is C/C=C\N1CC(c2cccc(C(C)C)c2)C(=O)C(C(C)C)C1. The molecule has 1 aliphatic heterocycles. The molecule has 2 nitrogen and oxygen atoms in total. The van der Waals surface area contributed by atoms with Crippen LogP contribution in [0.25, 0.3) is 0 Å². The number of Topliss-reactive ketones (excluding diaryl/α,β-unsaturated/α-hetero) is 1. The first kappa shape index (κ1) is 16.8. The van der Waals surface area contributed by atoms with Crippen LogP contribution in [-0.2, 0) is 4.79 Å². The van der Waals surface area contributed by atoms with Gasteiger partial charge in [-0.05, 0) is 36.1 Å². The summed E-state index contributed by atoms with van der Waals surface area (Å²) < 4.78 is 0. The third-order valence-corrected chi connectivity index (χ3v) is 4.70. The van der Waals surface area contributed by atoms with Gasteiger partial charge in [-0.2, -0.15) is 0 Å². The molecule has 0 saturated carbocycles. The first-order valence-corrected chi connectivity index (χ1v) is 8.44. The lowest BCUT2D eigenvalue weighted by Crippen LogP contribution is -2.45. The lowest BCUT2D eigenvalue weighted by Gasteiger charge is -2.38. The molecule has 1 aromatic carbocycles. The monoisotopic (exact) mass is 299 g/mol. The van der Waals surface area contributed by atoms with Crippen molar-refractivity contribution in [2.75, 3.05) is 13.1 Å². The van der Waals surface area contributed by atoms with Crippen molar-refractivity contribution in [3.05, 3.63) is 47.7 Å². The Balaban J connectivity index is 2.34. The van der Waals surface area contributed by atoms with Gasteiger partial charge in [0.15, 0.2) is 0 Å². The molecule has 2 unspecified atom stereocenters. The van der Waals surface area contributed by atoms with Crippen molar-refractivity contribution in [2.45, 2.75) is 46.5 Å². The fourth-order valence-electron chi connectivity index (χ4n) is 3.28. The van der Waals surface area contributed by atoms with Gasteiger partial charge in [-0.25, -0.2) is 0 Å². The molecule has 1 heterocycles. The van der Waals surface area contributed by atoms with E-state index in [2.05, 4.69) is 69.1 Å². The maximum Gasteiger partial charge on any atom is 0.147 e. The van der Waals surface area contributed by atoms with E-state index in [1.807, 2.05) is 6.92 Å². The van der Waals surface area contributed by atoms with Gasteiger partial charge in [0.05, 0.1) is 5.92 Å². The Morgan fingerprint density at radius 3 is 2.50 bits per heavy atom. The topological polar surface area (TPSA) is 20.3 Å². The quantitative estimate of drug-likeness (QED) is 0.811. The van der Waals surface area contributed by atoms with Gasteiger partial charge in [0, 0.05) is 19.0 Å². The summed E-state index contributed by atoms with van der Waals surface area (Å²) in [7, 11) is 0. The molecule has 2 rings (SSSR count). The summed E-state index contributed by atoms with van der Waals surface area (Å²) in [6, 6.07) is 8.59. The van der Waals surface area contributed by atoms with Crippen LogP contribution in [0, 0.1) is 11.8 Å². The summed E-state index contributed by atoms with van der Waals surface area (Å²) in [6.07, 6.45) is 4.19. The smallest absolute Gasteiger partial charge is 0.147 e. The number of carbonyl (C=O) groups is 1. The third-order valence-electron chi connectivity index (χ3n) is 4.70. The average molecular weight is 299 g/mol. The van der Waals surface area contributed by atoms with Crippen molar-refractivity contribution < 1.29 is 4.79 Å². The molecule has 2 heteroatoms. The summed E-state index contributed by atoms with van der Waals surface area (Å²) in [5.74, 6) is 1.41. The first-order valence-electron chi connectivity index (χ1n) is 8.44.